The molecule has 0 unspecified atom stereocenters. The number of halogens is 1. The normalized spacial score (nSPS) is 10.4. The van der Waals surface area contributed by atoms with E-state index in [0.717, 1.165) is 11.3 Å². The Labute approximate surface area is 163 Å². The van der Waals surface area contributed by atoms with Gasteiger partial charge >= 0.3 is 0 Å². The van der Waals surface area contributed by atoms with Crippen molar-refractivity contribution in [2.24, 2.45) is 0 Å². The molecule has 3 rings (SSSR count). The van der Waals surface area contributed by atoms with Gasteiger partial charge in [-0.25, -0.2) is 9.37 Å². The van der Waals surface area contributed by atoms with Gasteiger partial charge in [-0.15, -0.1) is 0 Å². The van der Waals surface area contributed by atoms with Crippen molar-refractivity contribution >= 4 is 11.7 Å². The molecule has 5 nitrogen and oxygen atoms in total. The van der Waals surface area contributed by atoms with E-state index >= 15 is 0 Å². The lowest BCUT2D eigenvalue weighted by Gasteiger charge is -2.11. The molecule has 0 aliphatic carbocycles. The number of hydrogen-bond acceptors (Lipinski definition) is 4. The average Bonchev–Trinajstić information content (AvgIpc) is 2.74. The summed E-state index contributed by atoms with van der Waals surface area (Å²) in [6, 6.07) is 17.6. The maximum atomic E-state index is 13.6. The molecule has 2 N–H and O–H groups in total. The Morgan fingerprint density at radius 3 is 2.61 bits per heavy atom. The molecule has 0 saturated heterocycles. The van der Waals surface area contributed by atoms with Crippen LogP contribution in [0.3, 0.4) is 0 Å². The molecule has 0 spiro atoms. The highest BCUT2D eigenvalue weighted by molar-refractivity contribution is 5.94. The van der Waals surface area contributed by atoms with Crippen LogP contribution >= 0.6 is 0 Å². The fourth-order valence-electron chi connectivity index (χ4n) is 2.82. The molecule has 144 valence electrons. The second kappa shape index (κ2) is 9.50. The van der Waals surface area contributed by atoms with E-state index in [1.807, 2.05) is 24.3 Å². The Hall–Kier alpha value is -3.41. The number of para-hydroxylation sites is 1. The molecule has 0 atom stereocenters. The fraction of sp³-hybridized carbons (Fsp3) is 0.182. The lowest BCUT2D eigenvalue weighted by molar-refractivity contribution is 0.0954. The number of benzene rings is 2. The smallest absolute Gasteiger partial charge is 0.251 e. The van der Waals surface area contributed by atoms with Gasteiger partial charge < -0.3 is 15.4 Å². The number of nitrogens with one attached hydrogen (secondary N) is 2. The molecule has 0 aliphatic heterocycles. The summed E-state index contributed by atoms with van der Waals surface area (Å²) in [6.45, 7) is 0.876. The molecule has 28 heavy (non-hydrogen) atoms. The summed E-state index contributed by atoms with van der Waals surface area (Å²) >= 11 is 0. The van der Waals surface area contributed by atoms with E-state index in [-0.39, 0.29) is 11.7 Å². The number of carbonyl (C=O) groups is 1. The van der Waals surface area contributed by atoms with Crippen molar-refractivity contribution in [1.29, 1.82) is 0 Å². The van der Waals surface area contributed by atoms with Crippen molar-refractivity contribution < 1.29 is 13.9 Å². The number of nitrogens with zero attached hydrogens (tertiary/aromatic N) is 1. The third-order valence-electron chi connectivity index (χ3n) is 4.31. The van der Waals surface area contributed by atoms with Crippen LogP contribution in [0.2, 0.25) is 0 Å². The van der Waals surface area contributed by atoms with Gasteiger partial charge in [-0.3, -0.25) is 4.79 Å². The van der Waals surface area contributed by atoms with E-state index in [1.54, 1.807) is 43.6 Å². The molecule has 3 aromatic rings. The second-order valence-corrected chi connectivity index (χ2v) is 6.19. The van der Waals surface area contributed by atoms with Gasteiger partial charge in [0.25, 0.3) is 5.91 Å². The third kappa shape index (κ3) is 5.07. The van der Waals surface area contributed by atoms with E-state index in [4.69, 9.17) is 4.74 Å². The number of methoxy groups -OCH3 is 1. The molecule has 0 bridgehead atoms. The lowest BCUT2D eigenvalue weighted by atomic mass is 10.1. The van der Waals surface area contributed by atoms with E-state index in [1.165, 1.54) is 6.07 Å². The molecule has 1 heterocycles. The van der Waals surface area contributed by atoms with Crippen LogP contribution in [-0.4, -0.2) is 24.5 Å². The minimum atomic E-state index is -0.261. The summed E-state index contributed by atoms with van der Waals surface area (Å²) in [7, 11) is 1.63. The SMILES string of the molecule is COc1ccccc1CNc1cc(C(=O)NCCc2ccccc2F)ccn1. The minimum absolute atomic E-state index is 0.223. The summed E-state index contributed by atoms with van der Waals surface area (Å²) in [5.74, 6) is 0.896. The highest BCUT2D eigenvalue weighted by Crippen LogP contribution is 2.18. The van der Waals surface area contributed by atoms with Gasteiger partial charge in [0.15, 0.2) is 0 Å². The van der Waals surface area contributed by atoms with Crippen LogP contribution in [0.15, 0.2) is 66.9 Å². The van der Waals surface area contributed by atoms with Crippen LogP contribution in [0.5, 0.6) is 5.75 Å². The van der Waals surface area contributed by atoms with E-state index in [9.17, 15) is 9.18 Å². The number of carbonyl (C=O) groups excluding carboxylic acids is 1. The van der Waals surface area contributed by atoms with Gasteiger partial charge in [-0.05, 0) is 36.2 Å². The summed E-state index contributed by atoms with van der Waals surface area (Å²) in [5, 5.41) is 6.01. The monoisotopic (exact) mass is 379 g/mol. The first-order valence-electron chi connectivity index (χ1n) is 9.01. The van der Waals surface area contributed by atoms with Crippen LogP contribution < -0.4 is 15.4 Å². The molecule has 0 aliphatic rings. The van der Waals surface area contributed by atoms with Crippen molar-refractivity contribution in [2.45, 2.75) is 13.0 Å². The highest BCUT2D eigenvalue weighted by atomic mass is 19.1. The Balaban J connectivity index is 1.56. The molecule has 1 aromatic heterocycles. The maximum Gasteiger partial charge on any atom is 0.251 e. The molecule has 0 fully saturated rings. The summed E-state index contributed by atoms with van der Waals surface area (Å²) in [4.78, 5) is 16.6. The van der Waals surface area contributed by atoms with Crippen LogP contribution in [0, 0.1) is 5.82 Å². The number of anilines is 1. The predicted molar refractivity (Wildman–Crippen MR) is 107 cm³/mol. The van der Waals surface area contributed by atoms with Crippen molar-refractivity contribution in [3.05, 3.63) is 89.4 Å². The lowest BCUT2D eigenvalue weighted by Crippen LogP contribution is -2.26. The highest BCUT2D eigenvalue weighted by Gasteiger charge is 2.08. The van der Waals surface area contributed by atoms with Crippen molar-refractivity contribution in [3.63, 3.8) is 0 Å². The van der Waals surface area contributed by atoms with Gasteiger partial charge in [0, 0.05) is 30.4 Å². The Morgan fingerprint density at radius 2 is 1.82 bits per heavy atom. The molecule has 0 radical (unpaired) electrons. The Morgan fingerprint density at radius 1 is 1.07 bits per heavy atom. The predicted octanol–water partition coefficient (Wildman–Crippen LogP) is 3.81. The molecule has 1 amide bonds. The van der Waals surface area contributed by atoms with Gasteiger partial charge in [0.05, 0.1) is 7.11 Å². The zero-order chi connectivity index (χ0) is 19.8. The fourth-order valence-corrected chi connectivity index (χ4v) is 2.82. The Bertz CT molecular complexity index is 946. The van der Waals surface area contributed by atoms with Crippen molar-refractivity contribution in [1.82, 2.24) is 10.3 Å². The first-order chi connectivity index (χ1) is 13.7. The van der Waals surface area contributed by atoms with Gasteiger partial charge in [-0.1, -0.05) is 36.4 Å². The number of hydrogen-bond donors (Lipinski definition) is 2. The third-order valence-corrected chi connectivity index (χ3v) is 4.31. The summed E-state index contributed by atoms with van der Waals surface area (Å²) in [5.41, 5.74) is 2.06. The number of amides is 1. The molecule has 0 saturated carbocycles. The van der Waals surface area contributed by atoms with Crippen LogP contribution in [0.1, 0.15) is 21.5 Å². The minimum Gasteiger partial charge on any atom is -0.496 e. The van der Waals surface area contributed by atoms with Gasteiger partial charge in [0.1, 0.15) is 17.4 Å². The molecule has 6 heteroatoms. The summed E-state index contributed by atoms with van der Waals surface area (Å²) in [6.07, 6.45) is 2.01. The summed E-state index contributed by atoms with van der Waals surface area (Å²) < 4.78 is 19.0. The standard InChI is InChI=1S/C22H22FN3O2/c1-28-20-9-5-3-7-18(20)15-26-21-14-17(11-12-24-21)22(27)25-13-10-16-6-2-4-8-19(16)23/h2-9,11-12,14H,10,13,15H2,1H3,(H,24,26)(H,25,27). The van der Waals surface area contributed by atoms with Gasteiger partial charge in [0.2, 0.25) is 0 Å². The zero-order valence-electron chi connectivity index (χ0n) is 15.6. The van der Waals surface area contributed by atoms with E-state index in [0.29, 0.717) is 36.5 Å². The zero-order valence-corrected chi connectivity index (χ0v) is 15.6. The van der Waals surface area contributed by atoms with Crippen LogP contribution in [0.4, 0.5) is 10.2 Å². The number of aromatic nitrogens is 1. The quantitative estimate of drug-likeness (QED) is 0.625. The molecular formula is C22H22FN3O2. The number of pyridine rings is 1. The van der Waals surface area contributed by atoms with Crippen molar-refractivity contribution in [2.75, 3.05) is 19.0 Å². The van der Waals surface area contributed by atoms with Crippen LogP contribution in [0.25, 0.3) is 0 Å². The topological polar surface area (TPSA) is 63.2 Å². The van der Waals surface area contributed by atoms with Crippen molar-refractivity contribution in [3.8, 4) is 5.75 Å². The number of rotatable bonds is 8. The molecular weight excluding hydrogens is 357 g/mol. The largest absolute Gasteiger partial charge is 0.496 e. The average molecular weight is 379 g/mol. The molecule has 2 aromatic carbocycles. The first kappa shape index (κ1) is 19.4. The van der Waals surface area contributed by atoms with Crippen LogP contribution in [-0.2, 0) is 13.0 Å². The number of ether oxygens (including phenoxy) is 1. The second-order valence-electron chi connectivity index (χ2n) is 6.19. The first-order valence-corrected chi connectivity index (χ1v) is 9.01. The van der Waals surface area contributed by atoms with Gasteiger partial charge in [-0.2, -0.15) is 0 Å². The van der Waals surface area contributed by atoms with E-state index in [2.05, 4.69) is 15.6 Å². The maximum absolute atomic E-state index is 13.6. The Kier molecular flexibility index (Phi) is 6.57. The van der Waals surface area contributed by atoms with E-state index < -0.39 is 0 Å².